The second-order valence-electron chi connectivity index (χ2n) is 4.45. The van der Waals surface area contributed by atoms with Gasteiger partial charge < -0.3 is 10.6 Å². The number of hydrogen-bond donors (Lipinski definition) is 1. The van der Waals surface area contributed by atoms with Crippen molar-refractivity contribution >= 4 is 21.7 Å². The zero-order valence-corrected chi connectivity index (χ0v) is 11.2. The van der Waals surface area contributed by atoms with E-state index in [1.807, 2.05) is 12.3 Å². The van der Waals surface area contributed by atoms with Crippen molar-refractivity contribution < 1.29 is 0 Å². The second-order valence-corrected chi connectivity index (χ2v) is 5.37. The topological polar surface area (TPSA) is 42.1 Å². The molecule has 0 radical (unpaired) electrons. The summed E-state index contributed by atoms with van der Waals surface area (Å²) < 4.78 is 1.02. The van der Waals surface area contributed by atoms with Crippen LogP contribution in [-0.4, -0.2) is 23.6 Å². The summed E-state index contributed by atoms with van der Waals surface area (Å²) >= 11 is 3.41. The highest BCUT2D eigenvalue weighted by molar-refractivity contribution is 9.10. The Bertz CT molecular complexity index is 337. The number of halogens is 1. The maximum atomic E-state index is 6.05. The molecule has 0 aromatic carbocycles. The number of piperidine rings is 1. The summed E-state index contributed by atoms with van der Waals surface area (Å²) in [7, 11) is 0. The van der Waals surface area contributed by atoms with Gasteiger partial charge in [0.2, 0.25) is 0 Å². The van der Waals surface area contributed by atoms with E-state index >= 15 is 0 Å². The average Bonchev–Trinajstić information content (AvgIpc) is 2.30. The minimum atomic E-state index is 0.200. The summed E-state index contributed by atoms with van der Waals surface area (Å²) in [5, 5.41) is 0. The molecule has 1 saturated heterocycles. The molecular weight excluding hydrogens is 266 g/mol. The van der Waals surface area contributed by atoms with Crippen LogP contribution in [0.1, 0.15) is 26.2 Å². The fourth-order valence-corrected chi connectivity index (χ4v) is 2.56. The van der Waals surface area contributed by atoms with E-state index in [2.05, 4.69) is 38.8 Å². The molecule has 88 valence electrons. The Labute approximate surface area is 105 Å². The molecule has 2 unspecified atom stereocenters. The molecule has 2 atom stereocenters. The van der Waals surface area contributed by atoms with Gasteiger partial charge in [-0.15, -0.1) is 0 Å². The molecule has 1 aliphatic rings. The highest BCUT2D eigenvalue weighted by atomic mass is 79.9. The van der Waals surface area contributed by atoms with Crippen molar-refractivity contribution in [1.29, 1.82) is 0 Å². The maximum Gasteiger partial charge on any atom is 0.128 e. The lowest BCUT2D eigenvalue weighted by Crippen LogP contribution is -2.49. The first-order chi connectivity index (χ1) is 7.68. The number of nitrogens with zero attached hydrogens (tertiary/aromatic N) is 2. The van der Waals surface area contributed by atoms with Crippen LogP contribution < -0.4 is 10.6 Å². The smallest absolute Gasteiger partial charge is 0.128 e. The first kappa shape index (κ1) is 11.9. The third kappa shape index (κ3) is 2.55. The standard InChI is InChI=1S/C12H18BrN3/c1-9(14)11-4-2-3-7-16(11)12-6-5-10(13)8-15-12/h5-6,8-9,11H,2-4,7,14H2,1H3. The third-order valence-electron chi connectivity index (χ3n) is 3.16. The molecule has 0 saturated carbocycles. The van der Waals surface area contributed by atoms with Gasteiger partial charge in [-0.1, -0.05) is 0 Å². The third-order valence-corrected chi connectivity index (χ3v) is 3.63. The Morgan fingerprint density at radius 2 is 2.31 bits per heavy atom. The van der Waals surface area contributed by atoms with Crippen LogP contribution in [0.3, 0.4) is 0 Å². The molecule has 0 spiro atoms. The van der Waals surface area contributed by atoms with Crippen LogP contribution in [0.25, 0.3) is 0 Å². The van der Waals surface area contributed by atoms with Gasteiger partial charge in [0.25, 0.3) is 0 Å². The van der Waals surface area contributed by atoms with Crippen LogP contribution in [0.4, 0.5) is 5.82 Å². The van der Waals surface area contributed by atoms with Crippen molar-refractivity contribution in [2.24, 2.45) is 5.73 Å². The van der Waals surface area contributed by atoms with E-state index in [0.717, 1.165) is 16.8 Å². The monoisotopic (exact) mass is 283 g/mol. The predicted octanol–water partition coefficient (Wildman–Crippen LogP) is 2.55. The molecule has 0 bridgehead atoms. The number of nitrogens with two attached hydrogens (primary N) is 1. The zero-order chi connectivity index (χ0) is 11.5. The summed E-state index contributed by atoms with van der Waals surface area (Å²) in [4.78, 5) is 6.81. The minimum absolute atomic E-state index is 0.200. The van der Waals surface area contributed by atoms with E-state index in [1.165, 1.54) is 19.3 Å². The predicted molar refractivity (Wildman–Crippen MR) is 70.6 cm³/mol. The van der Waals surface area contributed by atoms with E-state index < -0.39 is 0 Å². The summed E-state index contributed by atoms with van der Waals surface area (Å²) in [6.07, 6.45) is 5.54. The van der Waals surface area contributed by atoms with Gasteiger partial charge in [0.15, 0.2) is 0 Å². The fraction of sp³-hybridized carbons (Fsp3) is 0.583. The lowest BCUT2D eigenvalue weighted by Gasteiger charge is -2.38. The number of anilines is 1. The maximum absolute atomic E-state index is 6.05. The van der Waals surface area contributed by atoms with E-state index in [1.54, 1.807) is 0 Å². The molecular formula is C12H18BrN3. The second kappa shape index (κ2) is 5.15. The Kier molecular flexibility index (Phi) is 3.82. The first-order valence-electron chi connectivity index (χ1n) is 5.82. The Morgan fingerprint density at radius 3 is 2.94 bits per heavy atom. The van der Waals surface area contributed by atoms with Crippen LogP contribution >= 0.6 is 15.9 Å². The molecule has 1 aliphatic heterocycles. The molecule has 16 heavy (non-hydrogen) atoms. The molecule has 2 rings (SSSR count). The number of pyridine rings is 1. The average molecular weight is 284 g/mol. The Morgan fingerprint density at radius 1 is 1.50 bits per heavy atom. The van der Waals surface area contributed by atoms with E-state index in [0.29, 0.717) is 6.04 Å². The van der Waals surface area contributed by atoms with Gasteiger partial charge in [0.1, 0.15) is 5.82 Å². The Hall–Kier alpha value is -0.610. The van der Waals surface area contributed by atoms with Crippen molar-refractivity contribution in [1.82, 2.24) is 4.98 Å². The van der Waals surface area contributed by atoms with Crippen LogP contribution in [0.2, 0.25) is 0 Å². The molecule has 1 aromatic rings. The molecule has 1 aromatic heterocycles. The number of rotatable bonds is 2. The van der Waals surface area contributed by atoms with Gasteiger partial charge in [-0.3, -0.25) is 0 Å². The van der Waals surface area contributed by atoms with Gasteiger partial charge in [0, 0.05) is 29.3 Å². The first-order valence-corrected chi connectivity index (χ1v) is 6.61. The number of aromatic nitrogens is 1. The van der Waals surface area contributed by atoms with Crippen LogP contribution in [0.15, 0.2) is 22.8 Å². The van der Waals surface area contributed by atoms with Crippen LogP contribution in [-0.2, 0) is 0 Å². The van der Waals surface area contributed by atoms with Crippen molar-refractivity contribution in [3.05, 3.63) is 22.8 Å². The van der Waals surface area contributed by atoms with E-state index in [9.17, 15) is 0 Å². The van der Waals surface area contributed by atoms with Crippen LogP contribution in [0, 0.1) is 0 Å². The number of hydrogen-bond acceptors (Lipinski definition) is 3. The highest BCUT2D eigenvalue weighted by Crippen LogP contribution is 2.25. The summed E-state index contributed by atoms with van der Waals surface area (Å²) in [6.45, 7) is 3.16. The van der Waals surface area contributed by atoms with Gasteiger partial charge in [-0.25, -0.2) is 4.98 Å². The molecule has 0 aliphatic carbocycles. The van der Waals surface area contributed by atoms with Crippen molar-refractivity contribution in [3.63, 3.8) is 0 Å². The van der Waals surface area contributed by atoms with Gasteiger partial charge in [-0.2, -0.15) is 0 Å². The van der Waals surface area contributed by atoms with Crippen molar-refractivity contribution in [3.8, 4) is 0 Å². The zero-order valence-electron chi connectivity index (χ0n) is 9.56. The highest BCUT2D eigenvalue weighted by Gasteiger charge is 2.26. The van der Waals surface area contributed by atoms with Crippen LogP contribution in [0.5, 0.6) is 0 Å². The minimum Gasteiger partial charge on any atom is -0.352 e. The van der Waals surface area contributed by atoms with Gasteiger partial charge in [0.05, 0.1) is 0 Å². The fourth-order valence-electron chi connectivity index (χ4n) is 2.33. The van der Waals surface area contributed by atoms with E-state index in [-0.39, 0.29) is 6.04 Å². The van der Waals surface area contributed by atoms with E-state index in [4.69, 9.17) is 5.73 Å². The largest absolute Gasteiger partial charge is 0.352 e. The molecule has 0 amide bonds. The summed E-state index contributed by atoms with van der Waals surface area (Å²) in [5.74, 6) is 1.05. The lowest BCUT2D eigenvalue weighted by atomic mass is 9.97. The van der Waals surface area contributed by atoms with Gasteiger partial charge >= 0.3 is 0 Å². The summed E-state index contributed by atoms with van der Waals surface area (Å²) in [6, 6.07) is 4.73. The van der Waals surface area contributed by atoms with Crippen molar-refractivity contribution in [2.75, 3.05) is 11.4 Å². The van der Waals surface area contributed by atoms with Crippen molar-refractivity contribution in [2.45, 2.75) is 38.3 Å². The SMILES string of the molecule is CC(N)C1CCCCN1c1ccc(Br)cn1. The molecule has 2 heterocycles. The van der Waals surface area contributed by atoms with Gasteiger partial charge in [-0.05, 0) is 54.2 Å². The molecule has 3 nitrogen and oxygen atoms in total. The summed E-state index contributed by atoms with van der Waals surface area (Å²) in [5.41, 5.74) is 6.05. The lowest BCUT2D eigenvalue weighted by molar-refractivity contribution is 0.411. The molecule has 1 fully saturated rings. The normalized spacial score (nSPS) is 23.2. The molecule has 4 heteroatoms. The quantitative estimate of drug-likeness (QED) is 0.907. The Balaban J connectivity index is 2.19. The molecule has 2 N–H and O–H groups in total.